The molecule has 24 heavy (non-hydrogen) atoms. The number of esters is 1. The van der Waals surface area contributed by atoms with Crippen LogP contribution in [0, 0.1) is 5.82 Å². The van der Waals surface area contributed by atoms with Crippen LogP contribution in [0.5, 0.6) is 0 Å². The lowest BCUT2D eigenvalue weighted by Gasteiger charge is -2.28. The quantitative estimate of drug-likeness (QED) is 0.447. The van der Waals surface area contributed by atoms with Crippen molar-refractivity contribution in [2.45, 2.75) is 40.2 Å². The molecule has 0 amide bonds. The zero-order valence-electron chi connectivity index (χ0n) is 14.9. The third kappa shape index (κ3) is 5.66. The number of halogens is 1. The average Bonchev–Trinajstić information content (AvgIpc) is 2.54. The predicted molar refractivity (Wildman–Crippen MR) is 91.5 cm³/mol. The Morgan fingerprint density at radius 1 is 1.00 bits per heavy atom. The average molecular weight is 358 g/mol. The van der Waals surface area contributed by atoms with E-state index in [0.717, 1.165) is 0 Å². The van der Waals surface area contributed by atoms with Gasteiger partial charge in [0.25, 0.3) is 0 Å². The Morgan fingerprint density at radius 3 is 2.08 bits per heavy atom. The molecule has 0 saturated heterocycles. The summed E-state index contributed by atoms with van der Waals surface area (Å²) >= 11 is 0. The minimum absolute atomic E-state index is 0.240. The molecule has 5 nitrogen and oxygen atoms in total. The predicted octanol–water partition coefficient (Wildman–Crippen LogP) is 3.59. The molecule has 0 saturated carbocycles. The zero-order valence-corrected chi connectivity index (χ0v) is 15.9. The summed E-state index contributed by atoms with van der Waals surface area (Å²) in [6, 6.07) is 4.81. The van der Waals surface area contributed by atoms with Gasteiger partial charge in [0.1, 0.15) is 5.82 Å². The van der Waals surface area contributed by atoms with Crippen molar-refractivity contribution in [3.05, 3.63) is 35.1 Å². The van der Waals surface area contributed by atoms with Crippen molar-refractivity contribution in [2.75, 3.05) is 26.4 Å². The van der Waals surface area contributed by atoms with Gasteiger partial charge in [-0.1, -0.05) is 6.07 Å². The van der Waals surface area contributed by atoms with Crippen LogP contribution in [-0.2, 0) is 24.4 Å². The molecule has 0 fully saturated rings. The third-order valence-corrected chi connectivity index (χ3v) is 6.44. The number of benzene rings is 1. The van der Waals surface area contributed by atoms with Gasteiger partial charge in [-0.05, 0) is 46.2 Å². The number of carbonyl (C=O) groups excluding carboxylic acids is 1. The van der Waals surface area contributed by atoms with Gasteiger partial charge in [-0.25, -0.2) is 9.18 Å². The zero-order chi connectivity index (χ0) is 18.0. The number of ether oxygens (including phenoxy) is 1. The third-order valence-electron chi connectivity index (χ3n) is 3.39. The molecule has 0 atom stereocenters. The first-order valence-corrected chi connectivity index (χ1v) is 10.3. The largest absolute Gasteiger partial charge is 0.501 e. The second kappa shape index (κ2) is 10.6. The van der Waals surface area contributed by atoms with E-state index < -0.39 is 20.6 Å². The summed E-state index contributed by atoms with van der Waals surface area (Å²) in [5.74, 6) is -0.962. The Labute approximate surface area is 144 Å². The molecule has 1 aromatic carbocycles. The smallest absolute Gasteiger partial charge is 0.462 e. The maximum Gasteiger partial charge on any atom is 0.501 e. The van der Waals surface area contributed by atoms with Gasteiger partial charge in [-0.15, -0.1) is 0 Å². The van der Waals surface area contributed by atoms with Crippen molar-refractivity contribution < 1.29 is 27.2 Å². The van der Waals surface area contributed by atoms with Crippen molar-refractivity contribution in [3.8, 4) is 0 Å². The minimum Gasteiger partial charge on any atom is -0.462 e. The van der Waals surface area contributed by atoms with Gasteiger partial charge < -0.3 is 18.0 Å². The lowest BCUT2D eigenvalue weighted by atomic mass is 10.0. The van der Waals surface area contributed by atoms with Crippen LogP contribution in [0.25, 0.3) is 0 Å². The van der Waals surface area contributed by atoms with Crippen LogP contribution in [0.3, 0.4) is 0 Å². The van der Waals surface area contributed by atoms with Crippen molar-refractivity contribution in [3.63, 3.8) is 0 Å². The Balaban J connectivity index is 3.03. The van der Waals surface area contributed by atoms with E-state index >= 15 is 0 Å². The number of rotatable bonds is 11. The Kier molecular flexibility index (Phi) is 9.13. The van der Waals surface area contributed by atoms with Gasteiger partial charge in [-0.2, -0.15) is 0 Å². The van der Waals surface area contributed by atoms with Gasteiger partial charge in [-0.3, -0.25) is 0 Å². The summed E-state index contributed by atoms with van der Waals surface area (Å²) < 4.78 is 36.6. The molecule has 0 spiro atoms. The first kappa shape index (κ1) is 20.8. The van der Waals surface area contributed by atoms with Gasteiger partial charge in [0, 0.05) is 31.4 Å². The van der Waals surface area contributed by atoms with E-state index in [4.69, 9.17) is 18.0 Å². The highest BCUT2D eigenvalue weighted by atomic mass is 28.4. The van der Waals surface area contributed by atoms with E-state index in [1.807, 2.05) is 20.8 Å². The van der Waals surface area contributed by atoms with Crippen LogP contribution in [0.4, 0.5) is 4.39 Å². The summed E-state index contributed by atoms with van der Waals surface area (Å²) in [6.45, 7) is 8.92. The van der Waals surface area contributed by atoms with Crippen molar-refractivity contribution in [2.24, 2.45) is 0 Å². The molecule has 1 aromatic rings. The van der Waals surface area contributed by atoms with E-state index in [1.165, 1.54) is 12.1 Å². The molecule has 0 aromatic heterocycles. The van der Waals surface area contributed by atoms with Crippen LogP contribution in [0.2, 0.25) is 6.04 Å². The summed E-state index contributed by atoms with van der Waals surface area (Å²) in [5.41, 5.74) is 0.552. The molecule has 0 radical (unpaired) electrons. The Bertz CT molecular complexity index is 507. The molecule has 0 N–H and O–H groups in total. The van der Waals surface area contributed by atoms with E-state index in [9.17, 15) is 9.18 Å². The topological polar surface area (TPSA) is 54.0 Å². The standard InChI is InChI=1S/C17H27FO5Si/c1-5-20-17(19)15-10-9-11-16(18)14(15)12-13-24(21-6-2,22-7-3)23-8-4/h9-11H,5-8,12-13H2,1-4H3. The molecule has 136 valence electrons. The SMILES string of the molecule is CCOC(=O)c1cccc(F)c1CC[Si](OCC)(OCC)OCC. The molecule has 1 rings (SSSR count). The van der Waals surface area contributed by atoms with Crippen LogP contribution in [-0.4, -0.2) is 41.2 Å². The van der Waals surface area contributed by atoms with E-state index in [-0.39, 0.29) is 18.6 Å². The van der Waals surface area contributed by atoms with Crippen LogP contribution >= 0.6 is 0 Å². The summed E-state index contributed by atoms with van der Waals surface area (Å²) in [6.07, 6.45) is 0.285. The first-order valence-electron chi connectivity index (χ1n) is 8.39. The Hall–Kier alpha value is -1.28. The fraction of sp³-hybridized carbons (Fsp3) is 0.588. The van der Waals surface area contributed by atoms with Gasteiger partial charge >= 0.3 is 14.8 Å². The van der Waals surface area contributed by atoms with Crippen LogP contribution < -0.4 is 0 Å². The molecule has 0 bridgehead atoms. The van der Waals surface area contributed by atoms with Crippen LogP contribution in [0.15, 0.2) is 18.2 Å². The first-order chi connectivity index (χ1) is 11.5. The second-order valence-corrected chi connectivity index (χ2v) is 7.70. The second-order valence-electron chi connectivity index (χ2n) is 4.97. The van der Waals surface area contributed by atoms with E-state index in [2.05, 4.69) is 0 Å². The molecule has 0 aliphatic heterocycles. The number of hydrogen-bond donors (Lipinski definition) is 0. The molecule has 0 aliphatic carbocycles. The lowest BCUT2D eigenvalue weighted by Crippen LogP contribution is -2.46. The summed E-state index contributed by atoms with van der Waals surface area (Å²) in [4.78, 5) is 12.0. The number of hydrogen-bond acceptors (Lipinski definition) is 5. The minimum atomic E-state index is -2.90. The highest BCUT2D eigenvalue weighted by Crippen LogP contribution is 2.23. The fourth-order valence-corrected chi connectivity index (χ4v) is 5.05. The maximum atomic E-state index is 14.3. The monoisotopic (exact) mass is 358 g/mol. The van der Waals surface area contributed by atoms with Crippen molar-refractivity contribution >= 4 is 14.8 Å². The summed E-state index contributed by atoms with van der Waals surface area (Å²) in [5, 5.41) is 0. The molecule has 0 aliphatic rings. The number of carbonyl (C=O) groups is 1. The summed E-state index contributed by atoms with van der Waals surface area (Å²) in [7, 11) is -2.90. The van der Waals surface area contributed by atoms with Gasteiger partial charge in [0.15, 0.2) is 0 Å². The normalized spacial score (nSPS) is 11.5. The van der Waals surface area contributed by atoms with Crippen molar-refractivity contribution in [1.29, 1.82) is 0 Å². The molecular weight excluding hydrogens is 331 g/mol. The van der Waals surface area contributed by atoms with Crippen molar-refractivity contribution in [1.82, 2.24) is 0 Å². The highest BCUT2D eigenvalue weighted by Gasteiger charge is 2.40. The fourth-order valence-electron chi connectivity index (χ4n) is 2.49. The highest BCUT2D eigenvalue weighted by molar-refractivity contribution is 6.60. The van der Waals surface area contributed by atoms with Crippen LogP contribution in [0.1, 0.15) is 43.6 Å². The van der Waals surface area contributed by atoms with Gasteiger partial charge in [0.05, 0.1) is 12.2 Å². The Morgan fingerprint density at radius 2 is 1.58 bits per heavy atom. The molecular formula is C17H27FO5Si. The molecule has 0 heterocycles. The lowest BCUT2D eigenvalue weighted by molar-refractivity contribution is 0.0522. The van der Waals surface area contributed by atoms with Gasteiger partial charge in [0.2, 0.25) is 0 Å². The van der Waals surface area contributed by atoms with E-state index in [0.29, 0.717) is 31.4 Å². The molecule has 7 heteroatoms. The van der Waals surface area contributed by atoms with E-state index in [1.54, 1.807) is 13.0 Å². The molecule has 0 unspecified atom stereocenters. The maximum absolute atomic E-state index is 14.3.